The molecule has 6 nitrogen and oxygen atoms in total. The summed E-state index contributed by atoms with van der Waals surface area (Å²) in [4.78, 5) is 8.73. The first kappa shape index (κ1) is 12.6. The molecule has 18 heavy (non-hydrogen) atoms. The molecule has 1 unspecified atom stereocenters. The Morgan fingerprint density at radius 3 is 2.67 bits per heavy atom. The predicted molar refractivity (Wildman–Crippen MR) is 67.9 cm³/mol. The second kappa shape index (κ2) is 5.68. The highest BCUT2D eigenvalue weighted by Gasteiger charge is 2.18. The topological polar surface area (TPSA) is 68.5 Å². The summed E-state index contributed by atoms with van der Waals surface area (Å²) in [5.74, 6) is 0. The van der Waals surface area contributed by atoms with Gasteiger partial charge in [-0.25, -0.2) is 0 Å². The highest BCUT2D eigenvalue weighted by atomic mass is 15.4. The van der Waals surface area contributed by atoms with Gasteiger partial charge in [0.25, 0.3) is 0 Å². The van der Waals surface area contributed by atoms with Crippen LogP contribution in [0.25, 0.3) is 0 Å². The molecule has 2 heterocycles. The number of aromatic nitrogens is 5. The van der Waals surface area contributed by atoms with Crippen LogP contribution >= 0.6 is 0 Å². The summed E-state index contributed by atoms with van der Waals surface area (Å²) in [6, 6.07) is -0.0157. The first-order valence-electron chi connectivity index (χ1n) is 6.09. The molecule has 0 saturated carbocycles. The fraction of sp³-hybridized carbons (Fsp3) is 0.500. The third kappa shape index (κ3) is 2.70. The molecule has 0 aliphatic rings. The lowest BCUT2D eigenvalue weighted by Gasteiger charge is -2.17. The Bertz CT molecular complexity index is 490. The maximum absolute atomic E-state index is 4.43. The zero-order valence-electron chi connectivity index (χ0n) is 11.0. The smallest absolute Gasteiger partial charge is 0.0954 e. The van der Waals surface area contributed by atoms with Gasteiger partial charge in [-0.1, -0.05) is 12.1 Å². The van der Waals surface area contributed by atoms with Gasteiger partial charge in [-0.3, -0.25) is 14.6 Å². The molecule has 1 atom stereocenters. The van der Waals surface area contributed by atoms with E-state index in [4.69, 9.17) is 0 Å². The SMILES string of the molecule is CCCNC(c1cnc(C)cn1)c1cnnn1C. The number of nitrogens with zero attached hydrogens (tertiary/aromatic N) is 5. The van der Waals surface area contributed by atoms with Crippen LogP contribution in [0, 0.1) is 6.92 Å². The standard InChI is InChI=1S/C12H18N6/c1-4-5-13-12(11-8-16-17-18(11)3)10-7-14-9(2)6-15-10/h6-8,12-13H,4-5H2,1-3H3. The van der Waals surface area contributed by atoms with E-state index in [-0.39, 0.29) is 6.04 Å². The fourth-order valence-electron chi connectivity index (χ4n) is 1.76. The average Bonchev–Trinajstić information content (AvgIpc) is 2.78. The second-order valence-corrected chi connectivity index (χ2v) is 4.25. The summed E-state index contributed by atoms with van der Waals surface area (Å²) in [7, 11) is 1.88. The highest BCUT2D eigenvalue weighted by molar-refractivity contribution is 5.18. The normalized spacial score (nSPS) is 12.6. The number of rotatable bonds is 5. The van der Waals surface area contributed by atoms with Crippen molar-refractivity contribution in [3.05, 3.63) is 35.7 Å². The van der Waals surface area contributed by atoms with Gasteiger partial charge < -0.3 is 5.32 Å². The summed E-state index contributed by atoms with van der Waals surface area (Å²) in [5.41, 5.74) is 2.79. The molecular formula is C12H18N6. The summed E-state index contributed by atoms with van der Waals surface area (Å²) >= 11 is 0. The van der Waals surface area contributed by atoms with Crippen molar-refractivity contribution in [2.24, 2.45) is 7.05 Å². The summed E-state index contributed by atoms with van der Waals surface area (Å²) in [5, 5.41) is 11.3. The molecule has 0 spiro atoms. The Morgan fingerprint density at radius 2 is 2.11 bits per heavy atom. The maximum Gasteiger partial charge on any atom is 0.0954 e. The van der Waals surface area contributed by atoms with Gasteiger partial charge in [-0.2, -0.15) is 0 Å². The fourth-order valence-corrected chi connectivity index (χ4v) is 1.76. The largest absolute Gasteiger partial charge is 0.304 e. The Kier molecular flexibility index (Phi) is 3.99. The van der Waals surface area contributed by atoms with E-state index in [1.807, 2.05) is 14.0 Å². The minimum Gasteiger partial charge on any atom is -0.304 e. The van der Waals surface area contributed by atoms with Crippen LogP contribution in [0.5, 0.6) is 0 Å². The quantitative estimate of drug-likeness (QED) is 0.852. The van der Waals surface area contributed by atoms with E-state index in [0.717, 1.165) is 30.0 Å². The molecule has 96 valence electrons. The van der Waals surface area contributed by atoms with E-state index in [9.17, 15) is 0 Å². The number of nitrogens with one attached hydrogen (secondary N) is 1. The van der Waals surface area contributed by atoms with Crippen molar-refractivity contribution in [2.75, 3.05) is 6.54 Å². The molecule has 1 N–H and O–H groups in total. The van der Waals surface area contributed by atoms with Gasteiger partial charge in [-0.05, 0) is 19.9 Å². The van der Waals surface area contributed by atoms with Gasteiger partial charge in [0.15, 0.2) is 0 Å². The van der Waals surface area contributed by atoms with Gasteiger partial charge in [0.05, 0.1) is 35.5 Å². The minimum absolute atomic E-state index is 0.0157. The molecule has 6 heteroatoms. The highest BCUT2D eigenvalue weighted by Crippen LogP contribution is 2.18. The Hall–Kier alpha value is -1.82. The molecule has 0 bridgehead atoms. The van der Waals surface area contributed by atoms with Crippen molar-refractivity contribution in [3.8, 4) is 0 Å². The van der Waals surface area contributed by atoms with Gasteiger partial charge in [-0.15, -0.1) is 5.10 Å². The first-order chi connectivity index (χ1) is 8.72. The number of aryl methyl sites for hydroxylation is 2. The lowest BCUT2D eigenvalue weighted by Crippen LogP contribution is -2.26. The van der Waals surface area contributed by atoms with Crippen molar-refractivity contribution in [1.82, 2.24) is 30.3 Å². The van der Waals surface area contributed by atoms with E-state index >= 15 is 0 Å². The Morgan fingerprint density at radius 1 is 1.28 bits per heavy atom. The molecule has 0 aromatic carbocycles. The Balaban J connectivity index is 2.30. The van der Waals surface area contributed by atoms with Crippen LogP contribution < -0.4 is 5.32 Å². The molecule has 0 fully saturated rings. The molecule has 2 rings (SSSR count). The van der Waals surface area contributed by atoms with Crippen molar-refractivity contribution in [3.63, 3.8) is 0 Å². The molecule has 0 saturated heterocycles. The van der Waals surface area contributed by atoms with Gasteiger partial charge in [0, 0.05) is 13.2 Å². The van der Waals surface area contributed by atoms with Crippen LogP contribution in [0.15, 0.2) is 18.6 Å². The Labute approximate surface area is 106 Å². The lowest BCUT2D eigenvalue weighted by atomic mass is 10.1. The molecule has 2 aromatic heterocycles. The predicted octanol–water partition coefficient (Wildman–Crippen LogP) is 1.00. The second-order valence-electron chi connectivity index (χ2n) is 4.25. The van der Waals surface area contributed by atoms with Crippen LogP contribution in [0.3, 0.4) is 0 Å². The molecule has 0 aliphatic carbocycles. The lowest BCUT2D eigenvalue weighted by molar-refractivity contribution is 0.539. The molecule has 0 amide bonds. The number of hydrogen-bond acceptors (Lipinski definition) is 5. The third-order valence-electron chi connectivity index (χ3n) is 2.74. The molecule has 0 radical (unpaired) electrons. The zero-order valence-corrected chi connectivity index (χ0v) is 11.0. The molecular weight excluding hydrogens is 228 g/mol. The van der Waals surface area contributed by atoms with Crippen LogP contribution in [-0.2, 0) is 7.05 Å². The summed E-state index contributed by atoms with van der Waals surface area (Å²) < 4.78 is 1.76. The maximum atomic E-state index is 4.43. The van der Waals surface area contributed by atoms with Gasteiger partial charge >= 0.3 is 0 Å². The van der Waals surface area contributed by atoms with Crippen molar-refractivity contribution >= 4 is 0 Å². The van der Waals surface area contributed by atoms with Crippen LogP contribution in [0.2, 0.25) is 0 Å². The first-order valence-corrected chi connectivity index (χ1v) is 6.09. The van der Waals surface area contributed by atoms with Crippen molar-refractivity contribution < 1.29 is 0 Å². The van der Waals surface area contributed by atoms with E-state index in [0.29, 0.717) is 0 Å². The van der Waals surface area contributed by atoms with Crippen molar-refractivity contribution in [1.29, 1.82) is 0 Å². The minimum atomic E-state index is -0.0157. The monoisotopic (exact) mass is 246 g/mol. The van der Waals surface area contributed by atoms with E-state index in [1.54, 1.807) is 23.3 Å². The van der Waals surface area contributed by atoms with E-state index in [1.165, 1.54) is 0 Å². The average molecular weight is 246 g/mol. The summed E-state index contributed by atoms with van der Waals surface area (Å²) in [6.45, 7) is 4.97. The third-order valence-corrected chi connectivity index (χ3v) is 2.74. The van der Waals surface area contributed by atoms with Crippen LogP contribution in [0.1, 0.15) is 36.5 Å². The zero-order chi connectivity index (χ0) is 13.0. The van der Waals surface area contributed by atoms with Crippen LogP contribution in [0.4, 0.5) is 0 Å². The van der Waals surface area contributed by atoms with Gasteiger partial charge in [0.1, 0.15) is 0 Å². The molecule has 2 aromatic rings. The van der Waals surface area contributed by atoms with Crippen molar-refractivity contribution in [2.45, 2.75) is 26.3 Å². The number of hydrogen-bond donors (Lipinski definition) is 1. The molecule has 0 aliphatic heterocycles. The van der Waals surface area contributed by atoms with Crippen LogP contribution in [-0.4, -0.2) is 31.5 Å². The van der Waals surface area contributed by atoms with E-state index < -0.39 is 0 Å². The van der Waals surface area contributed by atoms with E-state index in [2.05, 4.69) is 32.5 Å². The summed E-state index contributed by atoms with van der Waals surface area (Å²) in [6.07, 6.45) is 6.39. The van der Waals surface area contributed by atoms with Gasteiger partial charge in [0.2, 0.25) is 0 Å².